The molecule has 7 nitrogen and oxygen atoms in total. The Morgan fingerprint density at radius 1 is 1.09 bits per heavy atom. The molecule has 0 fully saturated rings. The van der Waals surface area contributed by atoms with Gasteiger partial charge in [-0.25, -0.2) is 4.98 Å². The molecule has 0 saturated heterocycles. The number of hydrogen-bond acceptors (Lipinski definition) is 5. The van der Waals surface area contributed by atoms with Crippen molar-refractivity contribution in [1.82, 2.24) is 19.4 Å². The van der Waals surface area contributed by atoms with Crippen LogP contribution in [-0.4, -0.2) is 19.4 Å². The number of ether oxygens (including phenoxy) is 1. The number of imidazole rings is 1. The average Bonchev–Trinajstić information content (AvgIpc) is 3.23. The van der Waals surface area contributed by atoms with Crippen LogP contribution in [0.25, 0.3) is 28.3 Å². The van der Waals surface area contributed by atoms with Crippen LogP contribution in [0.3, 0.4) is 0 Å². The number of aromatic amines is 1. The first-order chi connectivity index (χ1) is 15.6. The predicted octanol–water partition coefficient (Wildman–Crippen LogP) is 4.74. The van der Waals surface area contributed by atoms with Crippen LogP contribution in [0.15, 0.2) is 77.7 Å². The van der Waals surface area contributed by atoms with E-state index in [1.165, 1.54) is 10.5 Å². The second-order valence-corrected chi connectivity index (χ2v) is 7.26. The van der Waals surface area contributed by atoms with Gasteiger partial charge in [0.05, 0.1) is 16.6 Å². The van der Waals surface area contributed by atoms with E-state index in [0.29, 0.717) is 17.2 Å². The van der Waals surface area contributed by atoms with Gasteiger partial charge in [0, 0.05) is 6.20 Å². The zero-order valence-electron chi connectivity index (χ0n) is 17.1. The number of aromatic nitrogens is 4. The highest BCUT2D eigenvalue weighted by molar-refractivity contribution is 5.91. The zero-order chi connectivity index (χ0) is 22.1. The van der Waals surface area contributed by atoms with Gasteiger partial charge in [-0.15, -0.1) is 0 Å². The molecule has 0 saturated carbocycles. The Labute approximate surface area is 182 Å². The van der Waals surface area contributed by atoms with Crippen LogP contribution in [0.2, 0.25) is 0 Å². The number of nitriles is 1. The molecule has 3 heterocycles. The molecule has 0 spiro atoms. The number of aryl methyl sites for hydroxylation is 1. The Balaban J connectivity index is 1.71. The normalized spacial score (nSPS) is 11.6. The summed E-state index contributed by atoms with van der Waals surface area (Å²) in [5, 5.41) is 9.84. The van der Waals surface area contributed by atoms with E-state index in [0.717, 1.165) is 16.6 Å². The lowest BCUT2D eigenvalue weighted by atomic mass is 10.1. The van der Waals surface area contributed by atoms with E-state index in [-0.39, 0.29) is 22.6 Å². The minimum absolute atomic E-state index is 0.121. The number of benzene rings is 2. The summed E-state index contributed by atoms with van der Waals surface area (Å²) in [7, 11) is 0. The van der Waals surface area contributed by atoms with Gasteiger partial charge in [-0.3, -0.25) is 9.20 Å². The van der Waals surface area contributed by atoms with Crippen LogP contribution < -0.4 is 10.3 Å². The minimum atomic E-state index is -0.345. The van der Waals surface area contributed by atoms with Crippen molar-refractivity contribution in [2.24, 2.45) is 0 Å². The van der Waals surface area contributed by atoms with Crippen LogP contribution >= 0.6 is 0 Å². The largest absolute Gasteiger partial charge is 0.438 e. The highest BCUT2D eigenvalue weighted by Crippen LogP contribution is 2.26. The Hall–Kier alpha value is -4.70. The van der Waals surface area contributed by atoms with E-state index < -0.39 is 0 Å². The standard InChI is InChI=1S/C25H17N5O2/c1-16-7-6-8-18(13-16)32-24-19(25(31)30-12-5-4-11-22(30)29-24)14-17(15-26)23-27-20-9-2-3-10-21(20)28-23/h2-14H,1H3,(H,27,28). The van der Waals surface area contributed by atoms with Gasteiger partial charge < -0.3 is 9.72 Å². The van der Waals surface area contributed by atoms with Crippen LogP contribution in [0, 0.1) is 18.3 Å². The van der Waals surface area contributed by atoms with Crippen molar-refractivity contribution in [3.8, 4) is 17.7 Å². The first-order valence-electron chi connectivity index (χ1n) is 9.95. The lowest BCUT2D eigenvalue weighted by molar-refractivity contribution is 0.460. The molecule has 0 atom stereocenters. The number of fused-ring (bicyclic) bond motifs is 2. The van der Waals surface area contributed by atoms with E-state index in [2.05, 4.69) is 21.0 Å². The maximum atomic E-state index is 13.3. The molecule has 0 radical (unpaired) electrons. The Kier molecular flexibility index (Phi) is 4.73. The molecule has 0 bridgehead atoms. The van der Waals surface area contributed by atoms with E-state index in [9.17, 15) is 10.1 Å². The second-order valence-electron chi connectivity index (χ2n) is 7.26. The number of pyridine rings is 1. The Morgan fingerprint density at radius 2 is 1.94 bits per heavy atom. The number of nitrogens with one attached hydrogen (secondary N) is 1. The van der Waals surface area contributed by atoms with E-state index in [1.54, 1.807) is 30.5 Å². The lowest BCUT2D eigenvalue weighted by Crippen LogP contribution is -2.18. The maximum Gasteiger partial charge on any atom is 0.269 e. The molecule has 5 aromatic rings. The van der Waals surface area contributed by atoms with Gasteiger partial charge in [0.15, 0.2) is 0 Å². The van der Waals surface area contributed by atoms with Crippen LogP contribution in [0.5, 0.6) is 11.6 Å². The fourth-order valence-corrected chi connectivity index (χ4v) is 3.45. The Morgan fingerprint density at radius 3 is 2.75 bits per heavy atom. The monoisotopic (exact) mass is 419 g/mol. The van der Waals surface area contributed by atoms with Gasteiger partial charge in [-0.05, 0) is 55.0 Å². The van der Waals surface area contributed by atoms with Crippen molar-refractivity contribution >= 4 is 28.3 Å². The van der Waals surface area contributed by atoms with Crippen molar-refractivity contribution in [1.29, 1.82) is 5.26 Å². The van der Waals surface area contributed by atoms with Crippen LogP contribution in [0.1, 0.15) is 17.0 Å². The first kappa shape index (κ1) is 19.3. The van der Waals surface area contributed by atoms with Gasteiger partial charge in [-0.1, -0.05) is 30.3 Å². The second kappa shape index (κ2) is 7.85. The summed E-state index contributed by atoms with van der Waals surface area (Å²) >= 11 is 0. The average molecular weight is 419 g/mol. The molecular formula is C25H17N5O2. The molecule has 0 amide bonds. The first-order valence-corrected chi connectivity index (χ1v) is 9.95. The summed E-state index contributed by atoms with van der Waals surface area (Å²) in [5.41, 5.74) is 3.00. The molecule has 0 aliphatic carbocycles. The fraction of sp³-hybridized carbons (Fsp3) is 0.0400. The number of nitrogens with zero attached hydrogens (tertiary/aromatic N) is 4. The van der Waals surface area contributed by atoms with Crippen molar-refractivity contribution < 1.29 is 4.74 Å². The quantitative estimate of drug-likeness (QED) is 0.425. The number of allylic oxidation sites excluding steroid dienone is 1. The molecule has 3 aromatic heterocycles. The summed E-state index contributed by atoms with van der Waals surface area (Å²) < 4.78 is 7.43. The molecule has 154 valence electrons. The lowest BCUT2D eigenvalue weighted by Gasteiger charge is -2.10. The Bertz CT molecular complexity index is 1570. The maximum absolute atomic E-state index is 13.3. The van der Waals surface area contributed by atoms with Crippen molar-refractivity contribution in [3.63, 3.8) is 0 Å². The third-order valence-electron chi connectivity index (χ3n) is 4.99. The van der Waals surface area contributed by atoms with E-state index in [4.69, 9.17) is 4.74 Å². The molecule has 5 rings (SSSR count). The van der Waals surface area contributed by atoms with Gasteiger partial charge in [-0.2, -0.15) is 10.2 Å². The number of rotatable bonds is 4. The molecule has 2 aromatic carbocycles. The number of H-pyrrole nitrogens is 1. The fourth-order valence-electron chi connectivity index (χ4n) is 3.45. The minimum Gasteiger partial charge on any atom is -0.438 e. The highest BCUT2D eigenvalue weighted by atomic mass is 16.5. The van der Waals surface area contributed by atoms with Crippen LogP contribution in [-0.2, 0) is 0 Å². The van der Waals surface area contributed by atoms with Gasteiger partial charge in [0.2, 0.25) is 5.88 Å². The molecule has 0 aliphatic heterocycles. The predicted molar refractivity (Wildman–Crippen MR) is 122 cm³/mol. The van der Waals surface area contributed by atoms with E-state index >= 15 is 0 Å². The summed E-state index contributed by atoms with van der Waals surface area (Å²) in [5.74, 6) is 1.04. The molecule has 1 N–H and O–H groups in total. The topological polar surface area (TPSA) is 96.1 Å². The molecule has 7 heteroatoms. The third kappa shape index (κ3) is 3.50. The molecule has 0 unspecified atom stereocenters. The number of para-hydroxylation sites is 2. The highest BCUT2D eigenvalue weighted by Gasteiger charge is 2.16. The number of hydrogen-bond donors (Lipinski definition) is 1. The van der Waals surface area contributed by atoms with E-state index in [1.807, 2.05) is 49.4 Å². The zero-order valence-corrected chi connectivity index (χ0v) is 17.1. The molecule has 0 aliphatic rings. The summed E-state index contributed by atoms with van der Waals surface area (Å²) in [6, 6.07) is 22.3. The third-order valence-corrected chi connectivity index (χ3v) is 4.99. The van der Waals surface area contributed by atoms with Crippen molar-refractivity contribution in [3.05, 3.63) is 100 Å². The smallest absolute Gasteiger partial charge is 0.269 e. The van der Waals surface area contributed by atoms with Gasteiger partial charge >= 0.3 is 0 Å². The summed E-state index contributed by atoms with van der Waals surface area (Å²) in [4.78, 5) is 25.5. The summed E-state index contributed by atoms with van der Waals surface area (Å²) in [6.07, 6.45) is 3.10. The summed E-state index contributed by atoms with van der Waals surface area (Å²) in [6.45, 7) is 1.95. The molecular weight excluding hydrogens is 402 g/mol. The molecule has 32 heavy (non-hydrogen) atoms. The van der Waals surface area contributed by atoms with Gasteiger partial charge in [0.1, 0.15) is 28.9 Å². The van der Waals surface area contributed by atoms with Crippen LogP contribution in [0.4, 0.5) is 0 Å². The van der Waals surface area contributed by atoms with Crippen molar-refractivity contribution in [2.45, 2.75) is 6.92 Å². The van der Waals surface area contributed by atoms with Gasteiger partial charge in [0.25, 0.3) is 5.56 Å². The SMILES string of the molecule is Cc1cccc(Oc2nc3ccccn3c(=O)c2C=C(C#N)c2nc3ccccc3[nH]2)c1. The van der Waals surface area contributed by atoms with Crippen molar-refractivity contribution in [2.75, 3.05) is 0 Å².